The molecule has 0 nitrogen and oxygen atoms in total. The molecule has 0 saturated heterocycles. The molecule has 0 aliphatic carbocycles. The number of halogens is 4. The molecule has 1 unspecified atom stereocenters. The van der Waals surface area contributed by atoms with Crippen molar-refractivity contribution in [2.45, 2.75) is 12.3 Å². The van der Waals surface area contributed by atoms with Gasteiger partial charge in [-0.05, 0) is 36.2 Å². The highest BCUT2D eigenvalue weighted by Gasteiger charge is 2.19. The van der Waals surface area contributed by atoms with Gasteiger partial charge in [0.05, 0.1) is 5.38 Å². The molecular formula is C14H10BrClF2. The SMILES string of the molecule is Cc1cccc(C(Cl)c2cc(F)ccc2F)c1Br. The second-order valence-electron chi connectivity index (χ2n) is 4.01. The number of hydrogen-bond acceptors (Lipinski definition) is 0. The lowest BCUT2D eigenvalue weighted by Gasteiger charge is -2.14. The normalized spacial score (nSPS) is 12.5. The summed E-state index contributed by atoms with van der Waals surface area (Å²) in [5.74, 6) is -1.01. The van der Waals surface area contributed by atoms with Crippen molar-refractivity contribution in [3.8, 4) is 0 Å². The summed E-state index contributed by atoms with van der Waals surface area (Å²) in [6.45, 7) is 1.92. The summed E-state index contributed by atoms with van der Waals surface area (Å²) in [6.07, 6.45) is 0. The molecule has 0 aliphatic heterocycles. The first-order valence-corrected chi connectivity index (χ1v) is 6.57. The molecule has 0 spiro atoms. The molecule has 0 amide bonds. The van der Waals surface area contributed by atoms with Crippen LogP contribution in [-0.4, -0.2) is 0 Å². The van der Waals surface area contributed by atoms with Crippen LogP contribution in [0.15, 0.2) is 40.9 Å². The lowest BCUT2D eigenvalue weighted by atomic mass is 10.0. The summed E-state index contributed by atoms with van der Waals surface area (Å²) < 4.78 is 27.7. The number of hydrogen-bond donors (Lipinski definition) is 0. The minimum atomic E-state index is -0.727. The molecule has 18 heavy (non-hydrogen) atoms. The first kappa shape index (κ1) is 13.5. The topological polar surface area (TPSA) is 0 Å². The lowest BCUT2D eigenvalue weighted by Crippen LogP contribution is -1.99. The monoisotopic (exact) mass is 330 g/mol. The largest absolute Gasteiger partial charge is 0.207 e. The fourth-order valence-corrected chi connectivity index (χ4v) is 2.72. The van der Waals surface area contributed by atoms with Gasteiger partial charge >= 0.3 is 0 Å². The minimum absolute atomic E-state index is 0.142. The van der Waals surface area contributed by atoms with Crippen molar-refractivity contribution in [1.82, 2.24) is 0 Å². The second kappa shape index (κ2) is 5.37. The van der Waals surface area contributed by atoms with Crippen LogP contribution in [0, 0.1) is 18.6 Å². The maximum atomic E-state index is 13.7. The molecule has 0 saturated carbocycles. The van der Waals surface area contributed by atoms with Gasteiger partial charge in [0.25, 0.3) is 0 Å². The van der Waals surface area contributed by atoms with Gasteiger partial charge in [-0.3, -0.25) is 0 Å². The van der Waals surface area contributed by atoms with E-state index < -0.39 is 17.0 Å². The number of benzene rings is 2. The van der Waals surface area contributed by atoms with Crippen molar-refractivity contribution < 1.29 is 8.78 Å². The van der Waals surface area contributed by atoms with Gasteiger partial charge in [0, 0.05) is 10.0 Å². The van der Waals surface area contributed by atoms with E-state index in [0.717, 1.165) is 33.8 Å². The average molecular weight is 332 g/mol. The Balaban J connectivity index is 2.51. The van der Waals surface area contributed by atoms with Gasteiger partial charge in [0.2, 0.25) is 0 Å². The third-order valence-electron chi connectivity index (χ3n) is 2.73. The van der Waals surface area contributed by atoms with E-state index in [1.165, 1.54) is 0 Å². The molecule has 1 atom stereocenters. The smallest absolute Gasteiger partial charge is 0.128 e. The third-order valence-corrected chi connectivity index (χ3v) is 4.28. The highest BCUT2D eigenvalue weighted by molar-refractivity contribution is 9.10. The Hall–Kier alpha value is -0.930. The second-order valence-corrected chi connectivity index (χ2v) is 5.24. The quantitative estimate of drug-likeness (QED) is 0.650. The zero-order valence-corrected chi connectivity index (χ0v) is 11.9. The number of alkyl halides is 1. The molecule has 2 rings (SSSR count). The Bertz CT molecular complexity index is 582. The van der Waals surface area contributed by atoms with Gasteiger partial charge in [-0.2, -0.15) is 0 Å². The van der Waals surface area contributed by atoms with E-state index in [9.17, 15) is 8.78 Å². The molecular weight excluding hydrogens is 322 g/mol. The lowest BCUT2D eigenvalue weighted by molar-refractivity contribution is 0.587. The zero-order chi connectivity index (χ0) is 13.3. The van der Waals surface area contributed by atoms with E-state index in [1.54, 1.807) is 6.07 Å². The summed E-state index contributed by atoms with van der Waals surface area (Å²) in [5, 5.41) is -0.727. The zero-order valence-electron chi connectivity index (χ0n) is 9.55. The van der Waals surface area contributed by atoms with Crippen LogP contribution in [0.3, 0.4) is 0 Å². The standard InChI is InChI=1S/C14H10BrClF2/c1-8-3-2-4-10(13(8)15)14(16)11-7-9(17)5-6-12(11)18/h2-7,14H,1H3. The molecule has 0 heterocycles. The van der Waals surface area contributed by atoms with Crippen LogP contribution in [0.1, 0.15) is 22.1 Å². The first-order valence-electron chi connectivity index (χ1n) is 5.34. The van der Waals surface area contributed by atoms with Crippen LogP contribution < -0.4 is 0 Å². The van der Waals surface area contributed by atoms with Crippen LogP contribution in [-0.2, 0) is 0 Å². The Labute approximate surface area is 118 Å². The van der Waals surface area contributed by atoms with Gasteiger partial charge in [0.15, 0.2) is 0 Å². The first-order chi connectivity index (χ1) is 8.50. The molecule has 0 fully saturated rings. The van der Waals surface area contributed by atoms with Gasteiger partial charge in [-0.15, -0.1) is 11.6 Å². The molecule has 4 heteroatoms. The van der Waals surface area contributed by atoms with E-state index in [4.69, 9.17) is 11.6 Å². The van der Waals surface area contributed by atoms with Crippen LogP contribution in [0.5, 0.6) is 0 Å². The predicted octanol–water partition coefficient (Wildman–Crippen LogP) is 5.36. The van der Waals surface area contributed by atoms with Gasteiger partial charge in [0.1, 0.15) is 11.6 Å². The van der Waals surface area contributed by atoms with Crippen molar-refractivity contribution in [2.75, 3.05) is 0 Å². The predicted molar refractivity (Wildman–Crippen MR) is 72.9 cm³/mol. The third kappa shape index (κ3) is 2.57. The van der Waals surface area contributed by atoms with Crippen LogP contribution >= 0.6 is 27.5 Å². The van der Waals surface area contributed by atoms with Crippen LogP contribution in [0.2, 0.25) is 0 Å². The van der Waals surface area contributed by atoms with Crippen molar-refractivity contribution >= 4 is 27.5 Å². The summed E-state index contributed by atoms with van der Waals surface area (Å²) in [6, 6.07) is 8.83. The van der Waals surface area contributed by atoms with Crippen molar-refractivity contribution in [1.29, 1.82) is 0 Å². The molecule has 0 radical (unpaired) electrons. The van der Waals surface area contributed by atoms with E-state index >= 15 is 0 Å². The molecule has 0 aromatic heterocycles. The van der Waals surface area contributed by atoms with Crippen molar-refractivity contribution in [2.24, 2.45) is 0 Å². The summed E-state index contributed by atoms with van der Waals surface area (Å²) in [7, 11) is 0. The molecule has 2 aromatic carbocycles. The summed E-state index contributed by atoms with van der Waals surface area (Å²) in [4.78, 5) is 0. The van der Waals surface area contributed by atoms with E-state index in [2.05, 4.69) is 15.9 Å². The molecule has 0 bridgehead atoms. The van der Waals surface area contributed by atoms with Crippen LogP contribution in [0.4, 0.5) is 8.78 Å². The summed E-state index contributed by atoms with van der Waals surface area (Å²) in [5.41, 5.74) is 1.86. The van der Waals surface area contributed by atoms with Gasteiger partial charge in [-0.1, -0.05) is 34.1 Å². The summed E-state index contributed by atoms with van der Waals surface area (Å²) >= 11 is 9.67. The molecule has 0 aliphatic rings. The fourth-order valence-electron chi connectivity index (χ4n) is 1.74. The Morgan fingerprint density at radius 2 is 1.83 bits per heavy atom. The molecule has 2 aromatic rings. The average Bonchev–Trinajstić information content (AvgIpc) is 2.35. The van der Waals surface area contributed by atoms with Crippen molar-refractivity contribution in [3.63, 3.8) is 0 Å². The molecule has 94 valence electrons. The van der Waals surface area contributed by atoms with Gasteiger partial charge < -0.3 is 0 Å². The number of aryl methyl sites for hydroxylation is 1. The Morgan fingerprint density at radius 3 is 2.56 bits per heavy atom. The maximum Gasteiger partial charge on any atom is 0.128 e. The fraction of sp³-hybridized carbons (Fsp3) is 0.143. The van der Waals surface area contributed by atoms with E-state index in [-0.39, 0.29) is 5.56 Å². The Morgan fingerprint density at radius 1 is 1.11 bits per heavy atom. The van der Waals surface area contributed by atoms with E-state index in [1.807, 2.05) is 19.1 Å². The Kier molecular flexibility index (Phi) is 4.03. The van der Waals surface area contributed by atoms with Crippen LogP contribution in [0.25, 0.3) is 0 Å². The highest BCUT2D eigenvalue weighted by atomic mass is 79.9. The molecule has 0 N–H and O–H groups in total. The number of rotatable bonds is 2. The minimum Gasteiger partial charge on any atom is -0.207 e. The van der Waals surface area contributed by atoms with E-state index in [0.29, 0.717) is 0 Å². The maximum absolute atomic E-state index is 13.7. The highest BCUT2D eigenvalue weighted by Crippen LogP contribution is 2.36. The van der Waals surface area contributed by atoms with Crippen molar-refractivity contribution in [3.05, 3.63) is 69.2 Å². The van der Waals surface area contributed by atoms with Gasteiger partial charge in [-0.25, -0.2) is 8.78 Å².